The van der Waals surface area contributed by atoms with Gasteiger partial charge in [0.05, 0.1) is 12.0 Å². The maximum Gasteiger partial charge on any atom is 0.232 e. The second-order valence-corrected chi connectivity index (χ2v) is 10.2. The lowest BCUT2D eigenvalue weighted by molar-refractivity contribution is 0.594. The van der Waals surface area contributed by atoms with Crippen LogP contribution in [0.25, 0.3) is 32.2 Å². The maximum absolute atomic E-state index is 12.8. The van der Waals surface area contributed by atoms with Crippen LogP contribution in [-0.2, 0) is 18.2 Å². The van der Waals surface area contributed by atoms with Gasteiger partial charge in [0.15, 0.2) is 0 Å². The van der Waals surface area contributed by atoms with Crippen LogP contribution in [0.2, 0.25) is 0 Å². The van der Waals surface area contributed by atoms with Crippen molar-refractivity contribution in [2.45, 2.75) is 30.9 Å². The zero-order valence-corrected chi connectivity index (χ0v) is 18.4. The second kappa shape index (κ2) is 7.82. The van der Waals surface area contributed by atoms with Crippen molar-refractivity contribution in [2.75, 3.05) is 11.5 Å². The number of rotatable bonds is 6. The number of pyridine rings is 1. The summed E-state index contributed by atoms with van der Waals surface area (Å²) in [5.74, 6) is 0.616. The van der Waals surface area contributed by atoms with E-state index in [2.05, 4.69) is 16.9 Å². The molecule has 0 radical (unpaired) electrons. The van der Waals surface area contributed by atoms with Gasteiger partial charge in [0.25, 0.3) is 0 Å². The van der Waals surface area contributed by atoms with Gasteiger partial charge in [-0.1, -0.05) is 24.7 Å². The normalized spacial score (nSPS) is 12.7. The van der Waals surface area contributed by atoms with Crippen molar-refractivity contribution in [3.05, 3.63) is 29.7 Å². The fraction of sp³-hybridized carbons (Fsp3) is 0.316. The second-order valence-electron chi connectivity index (χ2n) is 6.57. The van der Waals surface area contributed by atoms with E-state index in [-0.39, 0.29) is 0 Å². The number of nitrogens with zero attached hydrogens (tertiary/aromatic N) is 4. The van der Waals surface area contributed by atoms with Crippen LogP contribution in [0.3, 0.4) is 0 Å². The average Bonchev–Trinajstić information content (AvgIpc) is 3.41. The van der Waals surface area contributed by atoms with E-state index >= 15 is 0 Å². The molecule has 28 heavy (non-hydrogen) atoms. The van der Waals surface area contributed by atoms with Crippen molar-refractivity contribution < 1.29 is 4.55 Å². The molecule has 6 nitrogen and oxygen atoms in total. The fourth-order valence-electron chi connectivity index (χ4n) is 3.04. The Morgan fingerprint density at radius 1 is 1.32 bits per heavy atom. The minimum absolute atomic E-state index is 0.563. The lowest BCUT2D eigenvalue weighted by Crippen LogP contribution is -2.07. The zero-order valence-electron chi connectivity index (χ0n) is 15.9. The molecule has 0 spiro atoms. The topological polar surface area (TPSA) is 92.7 Å². The molecule has 0 aliphatic heterocycles. The first-order valence-electron chi connectivity index (χ1n) is 9.00. The standard InChI is InChI=1S/C19H21N5OS3/c1-4-5-8-28(25)19-15(20)14-12(16-11(2)24(3)10-22-16)9-13(23-18(14)27-19)17-21-6-7-26-17/h6-7,9-10H,4-5,8,20H2,1-3H3. The number of thiophene rings is 1. The highest BCUT2D eigenvalue weighted by molar-refractivity contribution is 7.93. The molecular weight excluding hydrogens is 410 g/mol. The molecule has 0 aliphatic carbocycles. The Kier molecular flexibility index (Phi) is 5.42. The van der Waals surface area contributed by atoms with Crippen LogP contribution in [0, 0.1) is 6.92 Å². The largest absolute Gasteiger partial charge is 0.611 e. The SMILES string of the molecule is CCCC[S+]([O-])c1sc2nc(-c3nccs3)cc(-c3ncn(C)c3C)c2c1N. The number of hydrogen-bond acceptors (Lipinski definition) is 7. The molecule has 0 aliphatic rings. The predicted octanol–water partition coefficient (Wildman–Crippen LogP) is 4.62. The van der Waals surface area contributed by atoms with Crippen LogP contribution in [0.15, 0.2) is 28.2 Å². The molecule has 0 aromatic carbocycles. The molecule has 0 fully saturated rings. The first kappa shape index (κ1) is 19.4. The molecule has 4 rings (SSSR count). The highest BCUT2D eigenvalue weighted by Crippen LogP contribution is 2.43. The van der Waals surface area contributed by atoms with Gasteiger partial charge in [-0.3, -0.25) is 0 Å². The Bertz CT molecular complexity index is 1120. The van der Waals surface area contributed by atoms with Gasteiger partial charge in [-0.05, 0) is 30.6 Å². The predicted molar refractivity (Wildman–Crippen MR) is 118 cm³/mol. The van der Waals surface area contributed by atoms with Crippen molar-refractivity contribution in [2.24, 2.45) is 7.05 Å². The van der Waals surface area contributed by atoms with Crippen molar-refractivity contribution in [1.29, 1.82) is 0 Å². The van der Waals surface area contributed by atoms with Crippen LogP contribution in [0.4, 0.5) is 5.69 Å². The summed E-state index contributed by atoms with van der Waals surface area (Å²) in [6.45, 7) is 4.12. The molecule has 146 valence electrons. The average molecular weight is 432 g/mol. The molecule has 1 unspecified atom stereocenters. The van der Waals surface area contributed by atoms with Crippen molar-refractivity contribution >= 4 is 49.8 Å². The smallest absolute Gasteiger partial charge is 0.232 e. The third kappa shape index (κ3) is 3.32. The number of unbranched alkanes of at least 4 members (excludes halogenated alkanes) is 1. The Morgan fingerprint density at radius 2 is 2.14 bits per heavy atom. The van der Waals surface area contributed by atoms with Gasteiger partial charge in [0.1, 0.15) is 27.0 Å². The van der Waals surface area contributed by atoms with Gasteiger partial charge in [-0.2, -0.15) is 0 Å². The Labute approximate surface area is 174 Å². The van der Waals surface area contributed by atoms with E-state index in [1.807, 2.05) is 30.0 Å². The van der Waals surface area contributed by atoms with Crippen molar-refractivity contribution in [3.63, 3.8) is 0 Å². The molecule has 1 atom stereocenters. The number of hydrogen-bond donors (Lipinski definition) is 1. The summed E-state index contributed by atoms with van der Waals surface area (Å²) in [6.07, 6.45) is 5.47. The van der Waals surface area contributed by atoms with Gasteiger partial charge in [-0.25, -0.2) is 15.0 Å². The number of anilines is 1. The van der Waals surface area contributed by atoms with E-state index in [0.717, 1.165) is 50.7 Å². The highest BCUT2D eigenvalue weighted by Gasteiger charge is 2.26. The molecule has 0 saturated carbocycles. The molecule has 4 aromatic heterocycles. The van der Waals surface area contributed by atoms with E-state index in [4.69, 9.17) is 10.7 Å². The summed E-state index contributed by atoms with van der Waals surface area (Å²) in [6, 6.07) is 2.00. The maximum atomic E-state index is 12.8. The van der Waals surface area contributed by atoms with Gasteiger partial charge in [-0.15, -0.1) is 11.3 Å². The van der Waals surface area contributed by atoms with Crippen molar-refractivity contribution in [3.8, 4) is 22.0 Å². The number of nitrogen functional groups attached to an aromatic ring is 1. The molecule has 9 heteroatoms. The third-order valence-electron chi connectivity index (χ3n) is 4.69. The number of fused-ring (bicyclic) bond motifs is 1. The van der Waals surface area contributed by atoms with Crippen LogP contribution in [0.5, 0.6) is 0 Å². The van der Waals surface area contributed by atoms with E-state index in [0.29, 0.717) is 15.6 Å². The number of imidazole rings is 1. The van der Waals surface area contributed by atoms with Gasteiger partial charge in [0.2, 0.25) is 4.21 Å². The summed E-state index contributed by atoms with van der Waals surface area (Å²) in [5.41, 5.74) is 10.7. The molecular formula is C19H21N5OS3. The molecule has 0 saturated heterocycles. The number of thiazole rings is 1. The Balaban J connectivity index is 1.96. The summed E-state index contributed by atoms with van der Waals surface area (Å²) in [7, 11) is 1.97. The molecule has 0 amide bonds. The van der Waals surface area contributed by atoms with Crippen LogP contribution in [0.1, 0.15) is 25.5 Å². The molecule has 2 N–H and O–H groups in total. The monoisotopic (exact) mass is 431 g/mol. The van der Waals surface area contributed by atoms with E-state index < -0.39 is 11.2 Å². The Morgan fingerprint density at radius 3 is 2.79 bits per heavy atom. The van der Waals surface area contributed by atoms with Crippen LogP contribution in [-0.4, -0.2) is 29.8 Å². The number of aromatic nitrogens is 4. The van der Waals surface area contributed by atoms with Gasteiger partial charge < -0.3 is 14.9 Å². The minimum atomic E-state index is -1.12. The first-order chi connectivity index (χ1) is 13.5. The zero-order chi connectivity index (χ0) is 19.8. The highest BCUT2D eigenvalue weighted by atomic mass is 32.2. The fourth-order valence-corrected chi connectivity index (χ4v) is 6.43. The lowest BCUT2D eigenvalue weighted by Gasteiger charge is -2.08. The van der Waals surface area contributed by atoms with Crippen LogP contribution >= 0.6 is 22.7 Å². The third-order valence-corrected chi connectivity index (χ3v) is 8.48. The minimum Gasteiger partial charge on any atom is -0.611 e. The number of aryl methyl sites for hydroxylation is 1. The Hall–Kier alpha value is -1.94. The molecule has 4 aromatic rings. The van der Waals surface area contributed by atoms with E-state index in [9.17, 15) is 4.55 Å². The molecule has 4 heterocycles. The van der Waals surface area contributed by atoms with E-state index in [1.54, 1.807) is 23.9 Å². The van der Waals surface area contributed by atoms with Crippen molar-refractivity contribution in [1.82, 2.24) is 19.5 Å². The summed E-state index contributed by atoms with van der Waals surface area (Å²) in [4.78, 5) is 14.6. The van der Waals surface area contributed by atoms with Gasteiger partial charge in [0, 0.05) is 35.3 Å². The quantitative estimate of drug-likeness (QED) is 0.450. The van der Waals surface area contributed by atoms with E-state index in [1.165, 1.54) is 11.3 Å². The molecule has 0 bridgehead atoms. The lowest BCUT2D eigenvalue weighted by atomic mass is 10.1. The summed E-state index contributed by atoms with van der Waals surface area (Å²) in [5, 5.41) is 3.62. The summed E-state index contributed by atoms with van der Waals surface area (Å²) < 4.78 is 15.5. The van der Waals surface area contributed by atoms with Crippen LogP contribution < -0.4 is 5.73 Å². The summed E-state index contributed by atoms with van der Waals surface area (Å²) >= 11 is 1.84. The first-order valence-corrected chi connectivity index (χ1v) is 12.0. The number of nitrogens with two attached hydrogens (primary N) is 1. The van der Waals surface area contributed by atoms with Gasteiger partial charge >= 0.3 is 0 Å².